The van der Waals surface area contributed by atoms with Crippen LogP contribution in [0.5, 0.6) is 5.75 Å². The Kier molecular flexibility index (Phi) is 6.49. The molecule has 40 heavy (non-hydrogen) atoms. The lowest BCUT2D eigenvalue weighted by molar-refractivity contribution is -0.0226. The van der Waals surface area contributed by atoms with Crippen LogP contribution in [0.4, 0.5) is 0 Å². The van der Waals surface area contributed by atoms with Crippen molar-refractivity contribution in [1.82, 2.24) is 9.55 Å². The predicted molar refractivity (Wildman–Crippen MR) is 165 cm³/mol. The number of nitrogens with zero attached hydrogens (tertiary/aromatic N) is 2. The van der Waals surface area contributed by atoms with Crippen LogP contribution in [0.3, 0.4) is 0 Å². The highest BCUT2D eigenvalue weighted by Crippen LogP contribution is 2.61. The Morgan fingerprint density at radius 2 is 1.75 bits per heavy atom. The maximum atomic E-state index is 11.3. The zero-order valence-corrected chi connectivity index (χ0v) is 25.0. The predicted octanol–water partition coefficient (Wildman–Crippen LogP) is 8.62. The topological polar surface area (TPSA) is 58.3 Å². The van der Waals surface area contributed by atoms with Crippen molar-refractivity contribution in [2.24, 2.45) is 17.3 Å². The highest BCUT2D eigenvalue weighted by molar-refractivity contribution is 9.10. The highest BCUT2D eigenvalue weighted by Gasteiger charge is 2.54. The molecule has 1 heterocycles. The SMILES string of the molecule is C[C@]12CCC3c4cc(-c5cc(-c6ccccc6)n(-c6ccc(Br)cc6)c(=S)n5)c(O)cc4CCC3C1CC[C@@H]2O. The Balaban J connectivity index is 1.35. The fraction of sp³-hybridized carbons (Fsp3) is 0.353. The zero-order valence-electron chi connectivity index (χ0n) is 22.6. The number of aryl methyl sites for hydroxylation is 1. The molecule has 0 bridgehead atoms. The summed E-state index contributed by atoms with van der Waals surface area (Å²) >= 11 is 9.44. The minimum Gasteiger partial charge on any atom is -0.507 e. The number of benzene rings is 3. The van der Waals surface area contributed by atoms with Crippen LogP contribution in [-0.2, 0) is 6.42 Å². The molecule has 7 rings (SSSR count). The number of aromatic nitrogens is 2. The number of phenolic OH excluding ortho intramolecular Hbond substituents is 1. The zero-order chi connectivity index (χ0) is 27.6. The van der Waals surface area contributed by atoms with E-state index in [1.807, 2.05) is 53.1 Å². The first-order chi connectivity index (χ1) is 19.3. The van der Waals surface area contributed by atoms with Gasteiger partial charge in [0.25, 0.3) is 0 Å². The van der Waals surface area contributed by atoms with Gasteiger partial charge in [0.05, 0.1) is 17.5 Å². The average molecular weight is 614 g/mol. The van der Waals surface area contributed by atoms with E-state index in [4.69, 9.17) is 17.2 Å². The molecule has 4 aromatic rings. The fourth-order valence-electron chi connectivity index (χ4n) is 8.07. The van der Waals surface area contributed by atoms with Crippen molar-refractivity contribution in [3.05, 3.63) is 93.2 Å². The summed E-state index contributed by atoms with van der Waals surface area (Å²) in [5, 5.41) is 22.1. The van der Waals surface area contributed by atoms with Crippen LogP contribution in [0.2, 0.25) is 0 Å². The molecular formula is C34H33BrN2O2S. The first-order valence-electron chi connectivity index (χ1n) is 14.3. The van der Waals surface area contributed by atoms with E-state index in [0.717, 1.165) is 65.5 Å². The summed E-state index contributed by atoms with van der Waals surface area (Å²) in [6.45, 7) is 2.31. The molecule has 1 aromatic heterocycles. The smallest absolute Gasteiger partial charge is 0.205 e. The Labute approximate surface area is 248 Å². The number of phenols is 1. The summed E-state index contributed by atoms with van der Waals surface area (Å²) in [6, 6.07) is 24.5. The number of halogens is 1. The summed E-state index contributed by atoms with van der Waals surface area (Å²) < 4.78 is 3.45. The molecule has 0 aliphatic heterocycles. The third-order valence-corrected chi connectivity index (χ3v) is 10.9. The van der Waals surface area contributed by atoms with Crippen LogP contribution < -0.4 is 0 Å². The molecule has 3 aliphatic rings. The normalized spacial score (nSPS) is 27.1. The molecular weight excluding hydrogens is 580 g/mol. The average Bonchev–Trinajstić information content (AvgIpc) is 3.27. The quantitative estimate of drug-likeness (QED) is 0.227. The number of aliphatic hydroxyl groups is 1. The van der Waals surface area contributed by atoms with Gasteiger partial charge >= 0.3 is 0 Å². The Morgan fingerprint density at radius 3 is 2.52 bits per heavy atom. The van der Waals surface area contributed by atoms with Crippen molar-refractivity contribution in [1.29, 1.82) is 0 Å². The Hall–Kier alpha value is -2.80. The van der Waals surface area contributed by atoms with E-state index in [1.54, 1.807) is 0 Å². The molecule has 204 valence electrons. The van der Waals surface area contributed by atoms with Gasteiger partial charge in [0.15, 0.2) is 0 Å². The van der Waals surface area contributed by atoms with Crippen LogP contribution in [0.15, 0.2) is 77.3 Å². The summed E-state index contributed by atoms with van der Waals surface area (Å²) in [6.07, 6.45) is 6.11. The van der Waals surface area contributed by atoms with Gasteiger partial charge in [-0.15, -0.1) is 0 Å². The summed E-state index contributed by atoms with van der Waals surface area (Å²) in [5.74, 6) is 1.87. The van der Waals surface area contributed by atoms with Gasteiger partial charge in [-0.2, -0.15) is 0 Å². The lowest BCUT2D eigenvalue weighted by Gasteiger charge is -2.50. The molecule has 2 N–H and O–H groups in total. The fourth-order valence-corrected chi connectivity index (χ4v) is 8.63. The Morgan fingerprint density at radius 1 is 0.975 bits per heavy atom. The number of fused-ring (bicyclic) bond motifs is 5. The van der Waals surface area contributed by atoms with Gasteiger partial charge in [0, 0.05) is 15.7 Å². The van der Waals surface area contributed by atoms with Crippen LogP contribution in [0, 0.1) is 22.0 Å². The van der Waals surface area contributed by atoms with E-state index >= 15 is 0 Å². The van der Waals surface area contributed by atoms with E-state index in [2.05, 4.69) is 47.1 Å². The third-order valence-electron chi connectivity index (χ3n) is 10.1. The second-order valence-corrected chi connectivity index (χ2v) is 13.4. The van der Waals surface area contributed by atoms with Gasteiger partial charge < -0.3 is 10.2 Å². The number of aliphatic hydroxyl groups excluding tert-OH is 1. The molecule has 6 heteroatoms. The van der Waals surface area contributed by atoms with Gasteiger partial charge in [0.2, 0.25) is 4.77 Å². The Bertz CT molecular complexity index is 1650. The molecule has 5 atom stereocenters. The third kappa shape index (κ3) is 4.18. The standard InChI is InChI=1S/C34H33BrN2O2S/c1-34-16-15-24-25(28(34)13-14-32(34)39)12-7-21-17-31(38)27(18-26(21)24)29-19-30(20-5-3-2-4-6-20)37(33(40)36-29)23-10-8-22(35)9-11-23/h2-6,8-11,17-19,24-25,28,32,38-39H,7,12-16H2,1H3/t24?,25?,28?,32-,34-/m0/s1. The van der Waals surface area contributed by atoms with E-state index in [-0.39, 0.29) is 17.3 Å². The minimum absolute atomic E-state index is 0.0435. The molecule has 3 aliphatic carbocycles. The molecule has 4 nitrogen and oxygen atoms in total. The van der Waals surface area contributed by atoms with Crippen molar-refractivity contribution in [3.63, 3.8) is 0 Å². The van der Waals surface area contributed by atoms with Gasteiger partial charge in [-0.25, -0.2) is 4.98 Å². The van der Waals surface area contributed by atoms with Crippen molar-refractivity contribution in [2.75, 3.05) is 0 Å². The van der Waals surface area contributed by atoms with Gasteiger partial charge in [-0.3, -0.25) is 4.57 Å². The van der Waals surface area contributed by atoms with E-state index in [0.29, 0.717) is 28.2 Å². The minimum atomic E-state index is -0.178. The lowest BCUT2D eigenvalue weighted by Crippen LogP contribution is -2.43. The number of rotatable bonds is 3. The number of aromatic hydroxyl groups is 1. The second-order valence-electron chi connectivity index (χ2n) is 12.1. The van der Waals surface area contributed by atoms with Crippen LogP contribution in [0.1, 0.15) is 56.1 Å². The number of hydrogen-bond donors (Lipinski definition) is 2. The molecule has 3 unspecified atom stereocenters. The van der Waals surface area contributed by atoms with Crippen molar-refractivity contribution < 1.29 is 10.2 Å². The number of hydrogen-bond acceptors (Lipinski definition) is 4. The van der Waals surface area contributed by atoms with Crippen LogP contribution in [0.25, 0.3) is 28.2 Å². The molecule has 3 aromatic carbocycles. The first kappa shape index (κ1) is 26.1. The van der Waals surface area contributed by atoms with Gasteiger partial charge in [-0.1, -0.05) is 53.2 Å². The maximum Gasteiger partial charge on any atom is 0.205 e. The molecule has 0 saturated heterocycles. The highest BCUT2D eigenvalue weighted by atomic mass is 79.9. The maximum absolute atomic E-state index is 11.3. The van der Waals surface area contributed by atoms with E-state index < -0.39 is 0 Å². The molecule has 0 radical (unpaired) electrons. The van der Waals surface area contributed by atoms with Crippen molar-refractivity contribution in [2.45, 2.75) is 57.5 Å². The monoisotopic (exact) mass is 612 g/mol. The van der Waals surface area contributed by atoms with Gasteiger partial charge in [0.1, 0.15) is 5.75 Å². The first-order valence-corrected chi connectivity index (χ1v) is 15.5. The summed E-state index contributed by atoms with van der Waals surface area (Å²) in [7, 11) is 0. The molecule has 0 amide bonds. The van der Waals surface area contributed by atoms with Crippen LogP contribution >= 0.6 is 28.1 Å². The van der Waals surface area contributed by atoms with Gasteiger partial charge in [-0.05, 0) is 133 Å². The summed E-state index contributed by atoms with van der Waals surface area (Å²) in [4.78, 5) is 4.89. The largest absolute Gasteiger partial charge is 0.507 e. The van der Waals surface area contributed by atoms with E-state index in [9.17, 15) is 10.2 Å². The van der Waals surface area contributed by atoms with Crippen molar-refractivity contribution in [3.8, 4) is 34.0 Å². The van der Waals surface area contributed by atoms with Crippen molar-refractivity contribution >= 4 is 28.1 Å². The van der Waals surface area contributed by atoms with E-state index in [1.165, 1.54) is 11.1 Å². The molecule has 2 fully saturated rings. The summed E-state index contributed by atoms with van der Waals surface area (Å²) in [5.41, 5.74) is 6.99. The second kappa shape index (κ2) is 9.93. The molecule has 2 saturated carbocycles. The van der Waals surface area contributed by atoms with Crippen LogP contribution in [-0.4, -0.2) is 25.9 Å². The lowest BCUT2D eigenvalue weighted by atomic mass is 9.55. The molecule has 0 spiro atoms.